The third-order valence-corrected chi connectivity index (χ3v) is 11.0. The van der Waals surface area contributed by atoms with Gasteiger partial charge in [0.15, 0.2) is 12.1 Å². The highest BCUT2D eigenvalue weighted by molar-refractivity contribution is 6.00. The van der Waals surface area contributed by atoms with Crippen LogP contribution in [0.5, 0.6) is 0 Å². The van der Waals surface area contributed by atoms with Crippen molar-refractivity contribution in [2.45, 2.75) is 129 Å². The molecular formula is C40H58N2O10. The van der Waals surface area contributed by atoms with E-state index < -0.39 is 77.3 Å². The van der Waals surface area contributed by atoms with Crippen LogP contribution in [0.2, 0.25) is 0 Å². The lowest BCUT2D eigenvalue weighted by Gasteiger charge is -2.46. The number of hydrogen-bond donors (Lipinski definition) is 4. The second kappa shape index (κ2) is 17.4. The Labute approximate surface area is 307 Å². The van der Waals surface area contributed by atoms with Crippen LogP contribution in [0.25, 0.3) is 17.0 Å². The van der Waals surface area contributed by atoms with Crippen LogP contribution in [0.1, 0.15) is 80.2 Å². The van der Waals surface area contributed by atoms with E-state index in [1.54, 1.807) is 47.0 Å². The predicted octanol–water partition coefficient (Wildman–Crippen LogP) is 4.01. The van der Waals surface area contributed by atoms with Crippen LogP contribution in [-0.4, -0.2) is 106 Å². The van der Waals surface area contributed by atoms with Crippen molar-refractivity contribution in [3.8, 4) is 0 Å². The Hall–Kier alpha value is -3.10. The van der Waals surface area contributed by atoms with Gasteiger partial charge in [0.05, 0.1) is 36.0 Å². The van der Waals surface area contributed by atoms with Gasteiger partial charge in [0.1, 0.15) is 29.5 Å². The van der Waals surface area contributed by atoms with Crippen LogP contribution in [0, 0.1) is 23.7 Å². The second-order valence-electron chi connectivity index (χ2n) is 15.2. The number of aliphatic hydroxyl groups excluding tert-OH is 2. The van der Waals surface area contributed by atoms with E-state index in [1.165, 1.54) is 20.8 Å². The number of hydrogen-bond acceptors (Lipinski definition) is 12. The normalized spacial score (nSPS) is 38.7. The molecule has 12 nitrogen and oxygen atoms in total. The number of pyridine rings is 1. The molecule has 2 aliphatic rings. The molecule has 1 unspecified atom stereocenters. The Morgan fingerprint density at radius 3 is 2.40 bits per heavy atom. The first kappa shape index (κ1) is 41.7. The van der Waals surface area contributed by atoms with Crippen LogP contribution >= 0.6 is 0 Å². The van der Waals surface area contributed by atoms with E-state index in [-0.39, 0.29) is 37.4 Å². The molecule has 3 heterocycles. The van der Waals surface area contributed by atoms with Gasteiger partial charge in [-0.15, -0.1) is 0 Å². The number of aromatic nitrogens is 1. The van der Waals surface area contributed by atoms with E-state index in [1.807, 2.05) is 43.3 Å². The van der Waals surface area contributed by atoms with Crippen LogP contribution in [-0.2, 0) is 33.3 Å². The largest absolute Gasteiger partial charge is 0.459 e. The Morgan fingerprint density at radius 2 is 1.73 bits per heavy atom. The van der Waals surface area contributed by atoms with Crippen molar-refractivity contribution in [1.82, 2.24) is 10.3 Å². The van der Waals surface area contributed by atoms with Gasteiger partial charge in [-0.2, -0.15) is 0 Å². The van der Waals surface area contributed by atoms with Crippen LogP contribution in [0.4, 0.5) is 0 Å². The number of nitrogens with one attached hydrogen (secondary N) is 1. The monoisotopic (exact) mass is 726 g/mol. The molecule has 2 saturated heterocycles. The first-order valence-electron chi connectivity index (χ1n) is 18.4. The third kappa shape index (κ3) is 9.15. The van der Waals surface area contributed by atoms with Gasteiger partial charge >= 0.3 is 5.97 Å². The smallest absolute Gasteiger partial charge is 0.316 e. The lowest BCUT2D eigenvalue weighted by Crippen LogP contribution is -2.60. The quantitative estimate of drug-likeness (QED) is 0.228. The lowest BCUT2D eigenvalue weighted by atomic mass is 9.74. The van der Waals surface area contributed by atoms with E-state index >= 15 is 0 Å². The number of para-hydroxylation sites is 1. The summed E-state index contributed by atoms with van der Waals surface area (Å²) >= 11 is 0. The summed E-state index contributed by atoms with van der Waals surface area (Å²) in [7, 11) is 1.73. The highest BCUT2D eigenvalue weighted by Crippen LogP contribution is 2.38. The molecule has 0 aliphatic carbocycles. The highest BCUT2D eigenvalue weighted by atomic mass is 16.7. The number of carbonyl (C=O) groups is 3. The maximum absolute atomic E-state index is 14.2. The minimum absolute atomic E-state index is 0.0303. The average Bonchev–Trinajstić information content (AvgIpc) is 3.12. The third-order valence-electron chi connectivity index (χ3n) is 11.0. The van der Waals surface area contributed by atoms with E-state index in [4.69, 9.17) is 18.9 Å². The zero-order valence-corrected chi connectivity index (χ0v) is 31.9. The fourth-order valence-electron chi connectivity index (χ4n) is 7.77. The van der Waals surface area contributed by atoms with Gasteiger partial charge in [-0.05, 0) is 71.7 Å². The van der Waals surface area contributed by atoms with Gasteiger partial charge in [0.25, 0.3) is 0 Å². The highest BCUT2D eigenvalue weighted by Gasteiger charge is 2.52. The van der Waals surface area contributed by atoms with E-state index in [9.17, 15) is 29.7 Å². The summed E-state index contributed by atoms with van der Waals surface area (Å²) < 4.78 is 25.0. The van der Waals surface area contributed by atoms with E-state index in [0.29, 0.717) is 6.42 Å². The fraction of sp³-hybridized carbons (Fsp3) is 0.650. The summed E-state index contributed by atoms with van der Waals surface area (Å²) in [6.45, 7) is 12.9. The Morgan fingerprint density at radius 1 is 1.04 bits per heavy atom. The molecule has 52 heavy (non-hydrogen) atoms. The number of Topliss-reactive ketones (excluding diaryl/α,β-unsaturated/α-hetero) is 2. The minimum atomic E-state index is -1.99. The fourth-order valence-corrected chi connectivity index (χ4v) is 7.77. The first-order valence-corrected chi connectivity index (χ1v) is 18.4. The molecule has 2 aliphatic heterocycles. The maximum atomic E-state index is 14.2. The molecule has 2 fully saturated rings. The van der Waals surface area contributed by atoms with Crippen molar-refractivity contribution >= 4 is 34.5 Å². The van der Waals surface area contributed by atoms with Crippen molar-refractivity contribution in [1.29, 1.82) is 0 Å². The summed E-state index contributed by atoms with van der Waals surface area (Å²) in [6.07, 6.45) is -0.374. The Bertz CT molecular complexity index is 1580. The number of cyclic esters (lactones) is 1. The van der Waals surface area contributed by atoms with E-state index in [2.05, 4.69) is 10.3 Å². The molecule has 12 heteroatoms. The lowest BCUT2D eigenvalue weighted by molar-refractivity contribution is -0.291. The number of rotatable bonds is 8. The Balaban J connectivity index is 1.77. The number of ketones is 2. The molecule has 0 radical (unpaired) electrons. The van der Waals surface area contributed by atoms with Crippen molar-refractivity contribution in [2.75, 3.05) is 13.7 Å². The van der Waals surface area contributed by atoms with Gasteiger partial charge in [-0.3, -0.25) is 19.4 Å². The molecular weight excluding hydrogens is 668 g/mol. The number of esters is 1. The summed E-state index contributed by atoms with van der Waals surface area (Å²) in [5.74, 6) is -5.87. The summed E-state index contributed by atoms with van der Waals surface area (Å²) in [5, 5.41) is 38.2. The number of likely N-dealkylation sites (N-methyl/N-ethyl adjacent to an activating group) is 1. The zero-order valence-electron chi connectivity index (χ0n) is 31.9. The van der Waals surface area contributed by atoms with Crippen molar-refractivity contribution in [3.63, 3.8) is 0 Å². The SMILES string of the molecule is CC[C@@H]1OC(=O)[C@H](C)C(=O)[C@H](C)[C@@H](OC2O[C@H](C)C[C@H](NC)[C@H]2O)[C@@](C)(OC/C=C/c2cnc3ccccc3c2)C[C@@H](C)C(=O)[C@@H](C)[C@@H](O)[C@]1(C)O. The summed E-state index contributed by atoms with van der Waals surface area (Å²) in [6, 6.07) is 9.41. The molecule has 288 valence electrons. The number of aliphatic hydroxyl groups is 3. The average molecular weight is 727 g/mol. The molecule has 0 amide bonds. The molecule has 1 aromatic carbocycles. The van der Waals surface area contributed by atoms with Gasteiger partial charge < -0.3 is 39.6 Å². The van der Waals surface area contributed by atoms with Crippen LogP contribution < -0.4 is 5.32 Å². The van der Waals surface area contributed by atoms with Crippen LogP contribution in [0.15, 0.2) is 42.6 Å². The standard InChI is InChI=1S/C40H58N2O10/c1-10-31-40(8,48)35(46)24(4)32(43)22(2)20-39(7,49-17-13-14-27-19-28-15-11-12-16-29(28)42-21-27)36(25(5)33(44)26(6)37(47)51-31)52-38-34(45)30(41-9)18-23(3)50-38/h11-16,19,21-26,30-31,34-36,38,41,45-46,48H,10,17-18,20H2,1-9H3/b14-13+/t22-,23-,24-,25+,26-,30+,31+,34-,35-,36-,38?,39+,40-/m1/s1. The molecule has 2 aromatic rings. The second-order valence-corrected chi connectivity index (χ2v) is 15.2. The predicted molar refractivity (Wildman–Crippen MR) is 196 cm³/mol. The minimum Gasteiger partial charge on any atom is -0.459 e. The number of fused-ring (bicyclic) bond motifs is 1. The molecule has 4 rings (SSSR count). The maximum Gasteiger partial charge on any atom is 0.316 e. The van der Waals surface area contributed by atoms with E-state index in [0.717, 1.165) is 16.5 Å². The molecule has 0 saturated carbocycles. The zero-order chi connectivity index (χ0) is 38.5. The van der Waals surface area contributed by atoms with Gasteiger partial charge in [-0.1, -0.05) is 58.0 Å². The van der Waals surface area contributed by atoms with Crippen LogP contribution in [0.3, 0.4) is 0 Å². The molecule has 4 N–H and O–H groups in total. The number of carbonyl (C=O) groups excluding carboxylic acids is 3. The van der Waals surface area contributed by atoms with Gasteiger partial charge in [0, 0.05) is 35.4 Å². The van der Waals surface area contributed by atoms with Crippen molar-refractivity contribution in [3.05, 3.63) is 48.2 Å². The molecule has 0 spiro atoms. The number of benzene rings is 1. The Kier molecular flexibility index (Phi) is 13.9. The number of ether oxygens (including phenoxy) is 4. The summed E-state index contributed by atoms with van der Waals surface area (Å²) in [5.41, 5.74) is -1.66. The van der Waals surface area contributed by atoms with Gasteiger partial charge in [-0.25, -0.2) is 0 Å². The first-order chi connectivity index (χ1) is 24.4. The number of nitrogens with zero attached hydrogens (tertiary/aromatic N) is 1. The topological polar surface area (TPSA) is 174 Å². The van der Waals surface area contributed by atoms with Gasteiger partial charge in [0.2, 0.25) is 0 Å². The van der Waals surface area contributed by atoms with Crippen molar-refractivity contribution < 1.29 is 48.7 Å². The summed E-state index contributed by atoms with van der Waals surface area (Å²) in [4.78, 5) is 46.3. The van der Waals surface area contributed by atoms with Crippen molar-refractivity contribution in [2.24, 2.45) is 23.7 Å². The molecule has 0 bridgehead atoms. The molecule has 1 aromatic heterocycles. The molecule has 13 atom stereocenters.